The van der Waals surface area contributed by atoms with Gasteiger partial charge >= 0.3 is 0 Å². The Labute approximate surface area is 110 Å². The van der Waals surface area contributed by atoms with Crippen molar-refractivity contribution in [1.29, 1.82) is 0 Å². The standard InChI is InChI=1S/C15H24N2O/c1-12-4-3-5-13(2)15(12)18-9-8-17-7-6-14(10-16)11-17/h3-5,14H,6-11,16H2,1-2H3. The summed E-state index contributed by atoms with van der Waals surface area (Å²) >= 11 is 0. The normalized spacial score (nSPS) is 20.3. The molecule has 100 valence electrons. The maximum atomic E-state index is 5.93. The zero-order valence-corrected chi connectivity index (χ0v) is 11.5. The second kappa shape index (κ2) is 6.21. The van der Waals surface area contributed by atoms with Crippen LogP contribution in [0.1, 0.15) is 17.5 Å². The Balaban J connectivity index is 1.79. The number of likely N-dealkylation sites (tertiary alicyclic amines) is 1. The summed E-state index contributed by atoms with van der Waals surface area (Å²) in [6.45, 7) is 9.08. The number of hydrogen-bond acceptors (Lipinski definition) is 3. The van der Waals surface area contributed by atoms with Crippen LogP contribution < -0.4 is 10.5 Å². The SMILES string of the molecule is Cc1cccc(C)c1OCCN1CCC(CN)C1. The zero-order valence-electron chi connectivity index (χ0n) is 11.5. The van der Waals surface area contributed by atoms with E-state index in [0.29, 0.717) is 5.92 Å². The predicted molar refractivity (Wildman–Crippen MR) is 75.0 cm³/mol. The average molecular weight is 248 g/mol. The van der Waals surface area contributed by atoms with Crippen molar-refractivity contribution >= 4 is 0 Å². The third-order valence-electron chi connectivity index (χ3n) is 3.77. The van der Waals surface area contributed by atoms with Gasteiger partial charge in [-0.05, 0) is 50.4 Å². The number of nitrogens with two attached hydrogens (primary N) is 1. The van der Waals surface area contributed by atoms with Crippen LogP contribution in [0.3, 0.4) is 0 Å². The molecule has 1 aromatic carbocycles. The van der Waals surface area contributed by atoms with Crippen LogP contribution in [0.5, 0.6) is 5.75 Å². The molecule has 3 nitrogen and oxygen atoms in total. The molecule has 1 saturated heterocycles. The first-order valence-electron chi connectivity index (χ1n) is 6.82. The lowest BCUT2D eigenvalue weighted by Crippen LogP contribution is -2.27. The van der Waals surface area contributed by atoms with E-state index in [9.17, 15) is 0 Å². The highest BCUT2D eigenvalue weighted by atomic mass is 16.5. The molecule has 2 N–H and O–H groups in total. The largest absolute Gasteiger partial charge is 0.492 e. The van der Waals surface area contributed by atoms with E-state index in [1.165, 1.54) is 17.5 Å². The van der Waals surface area contributed by atoms with Gasteiger partial charge in [0.15, 0.2) is 0 Å². The molecule has 1 heterocycles. The fourth-order valence-corrected chi connectivity index (χ4v) is 2.61. The summed E-state index contributed by atoms with van der Waals surface area (Å²) in [5.41, 5.74) is 8.14. The van der Waals surface area contributed by atoms with Gasteiger partial charge in [-0.15, -0.1) is 0 Å². The van der Waals surface area contributed by atoms with Gasteiger partial charge in [0.2, 0.25) is 0 Å². The summed E-state index contributed by atoms with van der Waals surface area (Å²) in [7, 11) is 0. The van der Waals surface area contributed by atoms with Crippen LogP contribution in [-0.4, -0.2) is 37.7 Å². The summed E-state index contributed by atoms with van der Waals surface area (Å²) in [6, 6.07) is 6.27. The van der Waals surface area contributed by atoms with Crippen molar-refractivity contribution in [1.82, 2.24) is 4.90 Å². The van der Waals surface area contributed by atoms with E-state index in [2.05, 4.69) is 36.9 Å². The summed E-state index contributed by atoms with van der Waals surface area (Å²) in [5.74, 6) is 1.73. The summed E-state index contributed by atoms with van der Waals surface area (Å²) < 4.78 is 5.93. The first-order valence-corrected chi connectivity index (χ1v) is 6.82. The first-order chi connectivity index (χ1) is 8.70. The lowest BCUT2D eigenvalue weighted by molar-refractivity contribution is 0.231. The smallest absolute Gasteiger partial charge is 0.125 e. The Bertz CT molecular complexity index is 372. The Morgan fingerprint density at radius 3 is 2.67 bits per heavy atom. The molecule has 0 saturated carbocycles. The lowest BCUT2D eigenvalue weighted by atomic mass is 10.1. The highest BCUT2D eigenvalue weighted by molar-refractivity contribution is 5.39. The van der Waals surface area contributed by atoms with Crippen molar-refractivity contribution < 1.29 is 4.74 Å². The van der Waals surface area contributed by atoms with Crippen LogP contribution in [-0.2, 0) is 0 Å². The van der Waals surface area contributed by atoms with Gasteiger partial charge in [0, 0.05) is 13.1 Å². The number of benzene rings is 1. The van der Waals surface area contributed by atoms with Gasteiger partial charge in [-0.25, -0.2) is 0 Å². The molecule has 0 aromatic heterocycles. The minimum atomic E-state index is 0.685. The molecule has 1 fully saturated rings. The third kappa shape index (κ3) is 3.24. The molecular formula is C15H24N2O. The Morgan fingerprint density at radius 1 is 1.33 bits per heavy atom. The van der Waals surface area contributed by atoms with E-state index in [1.54, 1.807) is 0 Å². The highest BCUT2D eigenvalue weighted by Gasteiger charge is 2.20. The van der Waals surface area contributed by atoms with E-state index in [0.717, 1.165) is 38.5 Å². The molecule has 1 aliphatic rings. The molecule has 1 aromatic rings. The molecule has 1 aliphatic heterocycles. The van der Waals surface area contributed by atoms with Crippen molar-refractivity contribution in [2.24, 2.45) is 11.7 Å². The quantitative estimate of drug-likeness (QED) is 0.865. The number of rotatable bonds is 5. The number of hydrogen-bond donors (Lipinski definition) is 1. The summed E-state index contributed by atoms with van der Waals surface area (Å²) in [5, 5.41) is 0. The van der Waals surface area contributed by atoms with Gasteiger partial charge in [0.25, 0.3) is 0 Å². The average Bonchev–Trinajstić information content (AvgIpc) is 2.81. The lowest BCUT2D eigenvalue weighted by Gasteiger charge is -2.17. The van der Waals surface area contributed by atoms with Crippen molar-refractivity contribution in [2.75, 3.05) is 32.8 Å². The Hall–Kier alpha value is -1.06. The predicted octanol–water partition coefficient (Wildman–Crippen LogP) is 1.96. The molecule has 1 atom stereocenters. The van der Waals surface area contributed by atoms with E-state index in [4.69, 9.17) is 10.5 Å². The van der Waals surface area contributed by atoms with Crippen molar-refractivity contribution in [3.63, 3.8) is 0 Å². The third-order valence-corrected chi connectivity index (χ3v) is 3.77. The second-order valence-corrected chi connectivity index (χ2v) is 5.26. The van der Waals surface area contributed by atoms with E-state index < -0.39 is 0 Å². The van der Waals surface area contributed by atoms with Gasteiger partial charge < -0.3 is 10.5 Å². The van der Waals surface area contributed by atoms with E-state index in [-0.39, 0.29) is 0 Å². The van der Waals surface area contributed by atoms with Crippen LogP contribution in [0.2, 0.25) is 0 Å². The van der Waals surface area contributed by atoms with Gasteiger partial charge in [0.05, 0.1) is 0 Å². The topological polar surface area (TPSA) is 38.5 Å². The molecule has 1 unspecified atom stereocenters. The van der Waals surface area contributed by atoms with E-state index >= 15 is 0 Å². The minimum absolute atomic E-state index is 0.685. The second-order valence-electron chi connectivity index (χ2n) is 5.26. The van der Waals surface area contributed by atoms with Gasteiger partial charge in [-0.1, -0.05) is 18.2 Å². The first kappa shape index (κ1) is 13.4. The molecule has 0 radical (unpaired) electrons. The van der Waals surface area contributed by atoms with Crippen LogP contribution in [0.25, 0.3) is 0 Å². The van der Waals surface area contributed by atoms with Crippen molar-refractivity contribution in [3.8, 4) is 5.75 Å². The Kier molecular flexibility index (Phi) is 4.61. The molecular weight excluding hydrogens is 224 g/mol. The monoisotopic (exact) mass is 248 g/mol. The zero-order chi connectivity index (χ0) is 13.0. The van der Waals surface area contributed by atoms with Crippen LogP contribution in [0, 0.1) is 19.8 Å². The van der Waals surface area contributed by atoms with Crippen molar-refractivity contribution in [2.45, 2.75) is 20.3 Å². The number of ether oxygens (including phenoxy) is 1. The molecule has 0 amide bonds. The summed E-state index contributed by atoms with van der Waals surface area (Å²) in [4.78, 5) is 2.45. The van der Waals surface area contributed by atoms with Crippen LogP contribution in [0.4, 0.5) is 0 Å². The maximum absolute atomic E-state index is 5.93. The van der Waals surface area contributed by atoms with Crippen LogP contribution >= 0.6 is 0 Å². The molecule has 0 spiro atoms. The summed E-state index contributed by atoms with van der Waals surface area (Å²) in [6.07, 6.45) is 1.24. The molecule has 0 bridgehead atoms. The number of para-hydroxylation sites is 1. The molecule has 3 heteroatoms. The van der Waals surface area contributed by atoms with Crippen molar-refractivity contribution in [3.05, 3.63) is 29.3 Å². The fraction of sp³-hybridized carbons (Fsp3) is 0.600. The highest BCUT2D eigenvalue weighted by Crippen LogP contribution is 2.22. The van der Waals surface area contributed by atoms with Gasteiger partial charge in [-0.2, -0.15) is 0 Å². The number of nitrogens with zero attached hydrogens (tertiary/aromatic N) is 1. The van der Waals surface area contributed by atoms with Crippen LogP contribution in [0.15, 0.2) is 18.2 Å². The fourth-order valence-electron chi connectivity index (χ4n) is 2.61. The minimum Gasteiger partial charge on any atom is -0.492 e. The maximum Gasteiger partial charge on any atom is 0.125 e. The van der Waals surface area contributed by atoms with Gasteiger partial charge in [0.1, 0.15) is 12.4 Å². The molecule has 2 rings (SSSR count). The van der Waals surface area contributed by atoms with E-state index in [1.807, 2.05) is 0 Å². The Morgan fingerprint density at radius 2 is 2.06 bits per heavy atom. The molecule has 18 heavy (non-hydrogen) atoms. The number of aryl methyl sites for hydroxylation is 2. The molecule has 0 aliphatic carbocycles. The van der Waals surface area contributed by atoms with Gasteiger partial charge in [-0.3, -0.25) is 4.90 Å².